The van der Waals surface area contributed by atoms with Gasteiger partial charge in [0, 0.05) is 17.0 Å². The van der Waals surface area contributed by atoms with E-state index in [1.54, 1.807) is 0 Å². The van der Waals surface area contributed by atoms with Crippen LogP contribution < -0.4 is 4.73 Å². The second-order valence-electron chi connectivity index (χ2n) is 5.10. The summed E-state index contributed by atoms with van der Waals surface area (Å²) in [5.74, 6) is 0. The minimum Gasteiger partial charge on any atom is -0.618 e. The molecule has 0 N–H and O–H groups in total. The van der Waals surface area contributed by atoms with Crippen LogP contribution in [0.25, 0.3) is 32.9 Å². The quantitative estimate of drug-likeness (QED) is 0.288. The van der Waals surface area contributed by atoms with Crippen LogP contribution in [0.2, 0.25) is 0 Å². The van der Waals surface area contributed by atoms with Crippen molar-refractivity contribution in [2.75, 3.05) is 0 Å². The van der Waals surface area contributed by atoms with E-state index < -0.39 is 0 Å². The summed E-state index contributed by atoms with van der Waals surface area (Å²) in [6, 6.07) is 25.7. The van der Waals surface area contributed by atoms with Gasteiger partial charge < -0.3 is 5.21 Å². The van der Waals surface area contributed by atoms with Gasteiger partial charge in [-0.25, -0.2) is 0 Å². The van der Waals surface area contributed by atoms with Crippen molar-refractivity contribution in [3.63, 3.8) is 0 Å². The molecule has 4 aromatic rings. The van der Waals surface area contributed by atoms with Crippen molar-refractivity contribution in [3.05, 3.63) is 84.1 Å². The first-order valence-electron chi connectivity index (χ1n) is 6.94. The van der Waals surface area contributed by atoms with Crippen LogP contribution in [0.1, 0.15) is 0 Å². The molecule has 0 aliphatic carbocycles. The third-order valence-corrected chi connectivity index (χ3v) is 3.84. The standard InChI is InChI=1S/C19H13NO/c21-20-18(15-7-2-1-3-8-15)13-12-16-11-10-14-6-4-5-9-17(14)19(16)20/h1-13H. The molecule has 0 aliphatic rings. The van der Waals surface area contributed by atoms with E-state index in [4.69, 9.17) is 0 Å². The Morgan fingerprint density at radius 2 is 1.29 bits per heavy atom. The lowest BCUT2D eigenvalue weighted by Crippen LogP contribution is -2.30. The molecule has 0 aliphatic heterocycles. The van der Waals surface area contributed by atoms with E-state index in [1.807, 2.05) is 72.8 Å². The largest absolute Gasteiger partial charge is 0.618 e. The predicted molar refractivity (Wildman–Crippen MR) is 85.9 cm³/mol. The molecule has 0 saturated carbocycles. The maximum atomic E-state index is 12.9. The summed E-state index contributed by atoms with van der Waals surface area (Å²) in [5, 5.41) is 15.9. The molecule has 0 atom stereocenters. The molecule has 0 fully saturated rings. The summed E-state index contributed by atoms with van der Waals surface area (Å²) < 4.78 is 1.05. The molecule has 1 aromatic heterocycles. The van der Waals surface area contributed by atoms with E-state index in [0.29, 0.717) is 5.69 Å². The molecule has 100 valence electrons. The van der Waals surface area contributed by atoms with Gasteiger partial charge in [0.2, 0.25) is 11.2 Å². The predicted octanol–water partition coefficient (Wildman–Crippen LogP) is 4.29. The van der Waals surface area contributed by atoms with E-state index in [0.717, 1.165) is 32.0 Å². The number of benzene rings is 3. The first-order chi connectivity index (χ1) is 10.3. The van der Waals surface area contributed by atoms with Crippen LogP contribution in [0, 0.1) is 5.21 Å². The average Bonchev–Trinajstić information content (AvgIpc) is 2.55. The number of rotatable bonds is 1. The zero-order chi connectivity index (χ0) is 14.2. The lowest BCUT2D eigenvalue weighted by atomic mass is 10.0. The van der Waals surface area contributed by atoms with E-state index >= 15 is 0 Å². The zero-order valence-electron chi connectivity index (χ0n) is 11.4. The molecule has 4 rings (SSSR count). The number of pyridine rings is 1. The van der Waals surface area contributed by atoms with Crippen molar-refractivity contribution in [1.29, 1.82) is 0 Å². The van der Waals surface area contributed by atoms with Crippen LogP contribution >= 0.6 is 0 Å². The maximum Gasteiger partial charge on any atom is 0.232 e. The van der Waals surface area contributed by atoms with Crippen molar-refractivity contribution in [2.24, 2.45) is 0 Å². The van der Waals surface area contributed by atoms with Gasteiger partial charge in [-0.3, -0.25) is 0 Å². The highest BCUT2D eigenvalue weighted by molar-refractivity contribution is 6.03. The molecular weight excluding hydrogens is 258 g/mol. The highest BCUT2D eigenvalue weighted by atomic mass is 16.5. The molecule has 0 bridgehead atoms. The van der Waals surface area contributed by atoms with Gasteiger partial charge >= 0.3 is 0 Å². The Labute approximate surface area is 122 Å². The van der Waals surface area contributed by atoms with E-state index in [-0.39, 0.29) is 0 Å². The second-order valence-corrected chi connectivity index (χ2v) is 5.10. The van der Waals surface area contributed by atoms with Gasteiger partial charge in [0.05, 0.1) is 5.39 Å². The van der Waals surface area contributed by atoms with Crippen molar-refractivity contribution in [1.82, 2.24) is 0 Å². The molecule has 2 nitrogen and oxygen atoms in total. The Morgan fingerprint density at radius 3 is 2.14 bits per heavy atom. The molecule has 0 spiro atoms. The number of hydrogen-bond acceptors (Lipinski definition) is 1. The second kappa shape index (κ2) is 4.60. The van der Waals surface area contributed by atoms with Crippen molar-refractivity contribution >= 4 is 21.7 Å². The van der Waals surface area contributed by atoms with Crippen LogP contribution in [-0.4, -0.2) is 0 Å². The minimum atomic E-state index is 0.680. The number of fused-ring (bicyclic) bond motifs is 3. The summed E-state index contributed by atoms with van der Waals surface area (Å²) >= 11 is 0. The lowest BCUT2D eigenvalue weighted by molar-refractivity contribution is -0.564. The van der Waals surface area contributed by atoms with E-state index in [9.17, 15) is 5.21 Å². The zero-order valence-corrected chi connectivity index (χ0v) is 11.4. The number of hydrogen-bond donors (Lipinski definition) is 0. The van der Waals surface area contributed by atoms with E-state index in [1.165, 1.54) is 0 Å². The normalized spacial score (nSPS) is 11.0. The summed E-state index contributed by atoms with van der Waals surface area (Å²) in [5.41, 5.74) is 2.34. The number of nitrogens with zero attached hydrogens (tertiary/aromatic N) is 1. The molecule has 1 heterocycles. The van der Waals surface area contributed by atoms with Gasteiger partial charge in [-0.15, -0.1) is 0 Å². The first kappa shape index (κ1) is 11.9. The van der Waals surface area contributed by atoms with Gasteiger partial charge in [-0.05, 0) is 35.7 Å². The first-order valence-corrected chi connectivity index (χ1v) is 6.94. The fourth-order valence-corrected chi connectivity index (χ4v) is 2.81. The third-order valence-electron chi connectivity index (χ3n) is 3.84. The molecule has 2 heteroatoms. The van der Waals surface area contributed by atoms with Crippen molar-refractivity contribution in [2.45, 2.75) is 0 Å². The van der Waals surface area contributed by atoms with Crippen LogP contribution in [0.3, 0.4) is 0 Å². The van der Waals surface area contributed by atoms with Gasteiger partial charge in [0.15, 0.2) is 0 Å². The fourth-order valence-electron chi connectivity index (χ4n) is 2.81. The fraction of sp³-hybridized carbons (Fsp3) is 0. The molecule has 3 aromatic carbocycles. The molecule has 0 amide bonds. The minimum absolute atomic E-state index is 0.680. The maximum absolute atomic E-state index is 12.9. The highest BCUT2D eigenvalue weighted by Crippen LogP contribution is 2.25. The summed E-state index contributed by atoms with van der Waals surface area (Å²) in [7, 11) is 0. The van der Waals surface area contributed by atoms with Gasteiger partial charge in [0.1, 0.15) is 0 Å². The monoisotopic (exact) mass is 271 g/mol. The Hall–Kier alpha value is -2.87. The van der Waals surface area contributed by atoms with Crippen molar-refractivity contribution < 1.29 is 4.73 Å². The highest BCUT2D eigenvalue weighted by Gasteiger charge is 2.14. The lowest BCUT2D eigenvalue weighted by Gasteiger charge is -2.09. The summed E-state index contributed by atoms with van der Waals surface area (Å²) in [4.78, 5) is 0. The van der Waals surface area contributed by atoms with Crippen LogP contribution in [0.15, 0.2) is 78.9 Å². The molecule has 0 radical (unpaired) electrons. The van der Waals surface area contributed by atoms with Gasteiger partial charge in [0.25, 0.3) is 0 Å². The Kier molecular flexibility index (Phi) is 2.61. The Balaban J connectivity index is 2.13. The van der Waals surface area contributed by atoms with Crippen LogP contribution in [-0.2, 0) is 0 Å². The third kappa shape index (κ3) is 1.84. The Morgan fingerprint density at radius 1 is 0.619 bits per heavy atom. The van der Waals surface area contributed by atoms with Crippen LogP contribution in [0.4, 0.5) is 0 Å². The van der Waals surface area contributed by atoms with Gasteiger partial charge in [-0.1, -0.05) is 42.5 Å². The average molecular weight is 271 g/mol. The summed E-state index contributed by atoms with van der Waals surface area (Å²) in [6.07, 6.45) is 0. The molecule has 21 heavy (non-hydrogen) atoms. The van der Waals surface area contributed by atoms with Crippen LogP contribution in [0.5, 0.6) is 0 Å². The van der Waals surface area contributed by atoms with Gasteiger partial charge in [-0.2, -0.15) is 4.73 Å². The molecule has 0 unspecified atom stereocenters. The molecule has 0 saturated heterocycles. The SMILES string of the molecule is [O-][n+]1c(-c2ccccc2)ccc2ccc3ccccc3c21. The summed E-state index contributed by atoms with van der Waals surface area (Å²) in [6.45, 7) is 0. The smallest absolute Gasteiger partial charge is 0.232 e. The van der Waals surface area contributed by atoms with Crippen molar-refractivity contribution in [3.8, 4) is 11.3 Å². The van der Waals surface area contributed by atoms with E-state index in [2.05, 4.69) is 6.07 Å². The number of aromatic nitrogens is 1. The molecular formula is C19H13NO. The Bertz CT molecular complexity index is 945. The topological polar surface area (TPSA) is 26.9 Å².